The van der Waals surface area contributed by atoms with E-state index in [0.717, 1.165) is 0 Å². The Morgan fingerprint density at radius 3 is 2.75 bits per heavy atom. The third-order valence-electron chi connectivity index (χ3n) is 1.84. The molecule has 78 valence electrons. The number of nitrogens with zero attached hydrogens (tertiary/aromatic N) is 6. The maximum Gasteiger partial charge on any atom is 0.203 e. The smallest absolute Gasteiger partial charge is 0.203 e. The van der Waals surface area contributed by atoms with Gasteiger partial charge in [-0.25, -0.2) is 4.98 Å². The normalized spacial score (nSPS) is 9.62. The Balaban J connectivity index is 2.33. The van der Waals surface area contributed by atoms with Crippen LogP contribution in [0.5, 0.6) is 0 Å². The number of nitrogen functional groups attached to an aromatic ring is 1. The zero-order valence-electron chi connectivity index (χ0n) is 7.95. The van der Waals surface area contributed by atoms with E-state index in [9.17, 15) is 0 Å². The summed E-state index contributed by atoms with van der Waals surface area (Å²) in [7, 11) is 0. The van der Waals surface area contributed by atoms with E-state index < -0.39 is 0 Å². The zero-order valence-corrected chi connectivity index (χ0v) is 8.77. The van der Waals surface area contributed by atoms with Crippen LogP contribution in [0.3, 0.4) is 0 Å². The van der Waals surface area contributed by atoms with Crippen molar-refractivity contribution in [3.05, 3.63) is 22.7 Å². The van der Waals surface area contributed by atoms with Crippen LogP contribution < -0.4 is 5.73 Å². The van der Waals surface area contributed by atoms with Gasteiger partial charge >= 0.3 is 0 Å². The number of imidazole rings is 1. The van der Waals surface area contributed by atoms with Crippen LogP contribution in [0.25, 0.3) is 0 Å². The van der Waals surface area contributed by atoms with Gasteiger partial charge in [-0.2, -0.15) is 10.5 Å². The summed E-state index contributed by atoms with van der Waals surface area (Å²) in [6.07, 6.45) is 1.43. The molecule has 2 rings (SSSR count). The van der Waals surface area contributed by atoms with Gasteiger partial charge in [-0.1, -0.05) is 11.3 Å². The van der Waals surface area contributed by atoms with Crippen molar-refractivity contribution >= 4 is 16.5 Å². The van der Waals surface area contributed by atoms with Crippen molar-refractivity contribution in [2.24, 2.45) is 0 Å². The van der Waals surface area contributed by atoms with Gasteiger partial charge < -0.3 is 10.3 Å². The molecule has 0 unspecified atom stereocenters. The van der Waals surface area contributed by atoms with Gasteiger partial charge in [0, 0.05) is 0 Å². The lowest BCUT2D eigenvalue weighted by Gasteiger charge is -1.98. The zero-order chi connectivity index (χ0) is 11.5. The maximum atomic E-state index is 8.88. The Labute approximate surface area is 94.4 Å². The number of hydrogen-bond acceptors (Lipinski definition) is 7. The van der Waals surface area contributed by atoms with E-state index >= 15 is 0 Å². The molecule has 2 N–H and O–H groups in total. The van der Waals surface area contributed by atoms with E-state index in [1.807, 2.05) is 12.1 Å². The minimum Gasteiger partial charge on any atom is -0.374 e. The van der Waals surface area contributed by atoms with Crippen LogP contribution >= 0.6 is 11.3 Å². The van der Waals surface area contributed by atoms with Crippen LogP contribution in [-0.4, -0.2) is 19.7 Å². The third kappa shape index (κ3) is 1.69. The fourth-order valence-electron chi connectivity index (χ4n) is 1.18. The highest BCUT2D eigenvalue weighted by molar-refractivity contribution is 7.15. The highest BCUT2D eigenvalue weighted by atomic mass is 32.1. The van der Waals surface area contributed by atoms with Crippen molar-refractivity contribution in [1.29, 1.82) is 10.5 Å². The molecule has 2 aromatic rings. The maximum absolute atomic E-state index is 8.88. The average molecular weight is 231 g/mol. The summed E-state index contributed by atoms with van der Waals surface area (Å²) in [6.45, 7) is 0.340. The molecule has 0 aliphatic carbocycles. The predicted octanol–water partition coefficient (Wildman–Crippen LogP) is 0.108. The summed E-state index contributed by atoms with van der Waals surface area (Å²) < 4.78 is 1.54. The van der Waals surface area contributed by atoms with E-state index in [-0.39, 0.29) is 11.4 Å². The lowest BCUT2D eigenvalue weighted by atomic mass is 10.3. The van der Waals surface area contributed by atoms with E-state index in [1.165, 1.54) is 17.7 Å². The van der Waals surface area contributed by atoms with Gasteiger partial charge in [0.05, 0.1) is 12.9 Å². The van der Waals surface area contributed by atoms with Crippen LogP contribution in [0.1, 0.15) is 16.4 Å². The average Bonchev–Trinajstić information content (AvgIpc) is 2.85. The molecule has 0 amide bonds. The second-order valence-electron chi connectivity index (χ2n) is 2.83. The molecule has 7 nitrogen and oxygen atoms in total. The number of nitrogens with two attached hydrogens (primary N) is 1. The van der Waals surface area contributed by atoms with Gasteiger partial charge in [0.2, 0.25) is 5.13 Å². The molecule has 0 aromatic carbocycles. The summed E-state index contributed by atoms with van der Waals surface area (Å²) >= 11 is 1.23. The molecule has 0 bridgehead atoms. The summed E-state index contributed by atoms with van der Waals surface area (Å²) in [5, 5.41) is 26.1. The van der Waals surface area contributed by atoms with Crippen LogP contribution in [0, 0.1) is 22.7 Å². The standard InChI is InChI=1S/C8H5N7S/c9-1-5-6(2-10)15(4-12-5)3-7-13-14-8(11)16-7/h4H,3H2,(H2,11,14). The largest absolute Gasteiger partial charge is 0.374 e. The molecule has 0 radical (unpaired) electrons. The van der Waals surface area contributed by atoms with Crippen LogP contribution in [-0.2, 0) is 6.54 Å². The predicted molar refractivity (Wildman–Crippen MR) is 55.1 cm³/mol. The molecule has 0 fully saturated rings. The Kier molecular flexibility index (Phi) is 2.50. The number of aromatic nitrogens is 4. The molecule has 0 spiro atoms. The van der Waals surface area contributed by atoms with Gasteiger partial charge in [-0.3, -0.25) is 0 Å². The van der Waals surface area contributed by atoms with Crippen molar-refractivity contribution < 1.29 is 0 Å². The second kappa shape index (κ2) is 3.96. The number of anilines is 1. The highest BCUT2D eigenvalue weighted by Crippen LogP contribution is 2.14. The van der Waals surface area contributed by atoms with Gasteiger partial charge in [0.1, 0.15) is 17.1 Å². The molecule has 2 heterocycles. The Bertz CT molecular complexity index is 597. The van der Waals surface area contributed by atoms with E-state index in [2.05, 4.69) is 15.2 Å². The lowest BCUT2D eigenvalue weighted by Crippen LogP contribution is -2.01. The van der Waals surface area contributed by atoms with Crippen LogP contribution in [0.15, 0.2) is 6.33 Å². The van der Waals surface area contributed by atoms with Gasteiger partial charge in [-0.05, 0) is 0 Å². The lowest BCUT2D eigenvalue weighted by molar-refractivity contribution is 0.767. The molecule has 0 atom stereocenters. The Morgan fingerprint density at radius 2 is 2.19 bits per heavy atom. The molecule has 0 aliphatic rings. The summed E-state index contributed by atoms with van der Waals surface area (Å²) in [4.78, 5) is 3.81. The molecule has 0 aliphatic heterocycles. The molecule has 16 heavy (non-hydrogen) atoms. The topological polar surface area (TPSA) is 117 Å². The van der Waals surface area contributed by atoms with Crippen molar-refractivity contribution in [2.45, 2.75) is 6.54 Å². The fourth-order valence-corrected chi connectivity index (χ4v) is 1.79. The Morgan fingerprint density at radius 1 is 1.38 bits per heavy atom. The highest BCUT2D eigenvalue weighted by Gasteiger charge is 2.11. The van der Waals surface area contributed by atoms with Crippen LogP contribution in [0.4, 0.5) is 5.13 Å². The van der Waals surface area contributed by atoms with Crippen molar-refractivity contribution in [3.8, 4) is 12.1 Å². The second-order valence-corrected chi connectivity index (χ2v) is 3.92. The van der Waals surface area contributed by atoms with Gasteiger partial charge in [0.25, 0.3) is 0 Å². The van der Waals surface area contributed by atoms with E-state index in [0.29, 0.717) is 16.7 Å². The van der Waals surface area contributed by atoms with Crippen LogP contribution in [0.2, 0.25) is 0 Å². The summed E-state index contributed by atoms with van der Waals surface area (Å²) in [6, 6.07) is 3.77. The first-order valence-electron chi connectivity index (χ1n) is 4.17. The molecule has 0 saturated heterocycles. The molecule has 2 aromatic heterocycles. The molecule has 8 heteroatoms. The van der Waals surface area contributed by atoms with Crippen molar-refractivity contribution in [2.75, 3.05) is 5.73 Å². The first kappa shape index (κ1) is 10.1. The molecular formula is C8H5N7S. The third-order valence-corrected chi connectivity index (χ3v) is 2.57. The van der Waals surface area contributed by atoms with Crippen molar-refractivity contribution in [1.82, 2.24) is 19.7 Å². The quantitative estimate of drug-likeness (QED) is 0.783. The van der Waals surface area contributed by atoms with Crippen molar-refractivity contribution in [3.63, 3.8) is 0 Å². The Hall–Kier alpha value is -2.45. The number of hydrogen-bond donors (Lipinski definition) is 1. The number of rotatable bonds is 2. The van der Waals surface area contributed by atoms with E-state index in [4.69, 9.17) is 16.3 Å². The first-order valence-corrected chi connectivity index (χ1v) is 4.99. The fraction of sp³-hybridized carbons (Fsp3) is 0.125. The summed E-state index contributed by atoms with van der Waals surface area (Å²) in [5.41, 5.74) is 5.77. The first-order chi connectivity index (χ1) is 7.74. The number of nitriles is 2. The van der Waals surface area contributed by atoms with Gasteiger partial charge in [0.15, 0.2) is 11.4 Å². The monoisotopic (exact) mass is 231 g/mol. The van der Waals surface area contributed by atoms with E-state index in [1.54, 1.807) is 4.57 Å². The minimum atomic E-state index is 0.111. The van der Waals surface area contributed by atoms with Gasteiger partial charge in [-0.15, -0.1) is 10.2 Å². The molecular weight excluding hydrogens is 226 g/mol. The minimum absolute atomic E-state index is 0.111. The summed E-state index contributed by atoms with van der Waals surface area (Å²) in [5.74, 6) is 0. The molecule has 0 saturated carbocycles. The SMILES string of the molecule is N#Cc1ncn(Cc2nnc(N)s2)c1C#N.